The molecule has 0 spiro atoms. The van der Waals surface area contributed by atoms with Gasteiger partial charge in [0.15, 0.2) is 11.6 Å². The Labute approximate surface area is 152 Å². The molecule has 1 aromatic heterocycles. The molecular weight excluding hydrogens is 334 g/mol. The number of hydrogen-bond acceptors (Lipinski definition) is 3. The number of rotatable bonds is 3. The second kappa shape index (κ2) is 6.13. The third kappa shape index (κ3) is 2.42. The molecule has 0 radical (unpaired) electrons. The van der Waals surface area contributed by atoms with Crippen LogP contribution in [0.3, 0.4) is 0 Å². The number of fused-ring (bicyclic) bond motifs is 2. The van der Waals surface area contributed by atoms with E-state index in [1.54, 1.807) is 18.5 Å². The van der Waals surface area contributed by atoms with E-state index in [0.717, 1.165) is 37.6 Å². The Bertz CT molecular complexity index is 812. The molecule has 4 aliphatic rings. The molecule has 5 heterocycles. The van der Waals surface area contributed by atoms with Crippen LogP contribution in [0.15, 0.2) is 24.5 Å². The van der Waals surface area contributed by atoms with Gasteiger partial charge in [0, 0.05) is 36.8 Å². The van der Waals surface area contributed by atoms with Crippen molar-refractivity contribution in [3.63, 3.8) is 0 Å². The number of halogens is 2. The Morgan fingerprint density at radius 1 is 1.19 bits per heavy atom. The van der Waals surface area contributed by atoms with Crippen molar-refractivity contribution in [2.45, 2.75) is 44.3 Å². The average molecular weight is 358 g/mol. The number of aromatic amines is 1. The number of H-pyrrole nitrogens is 1. The monoisotopic (exact) mass is 358 g/mol. The first kappa shape index (κ1) is 16.4. The van der Waals surface area contributed by atoms with Crippen molar-refractivity contribution in [3.05, 3.63) is 53.1 Å². The highest BCUT2D eigenvalue weighted by Crippen LogP contribution is 2.47. The van der Waals surface area contributed by atoms with Gasteiger partial charge in [0.05, 0.1) is 12.0 Å². The van der Waals surface area contributed by atoms with Gasteiger partial charge in [0.25, 0.3) is 0 Å². The highest BCUT2D eigenvalue weighted by atomic mass is 19.2. The summed E-state index contributed by atoms with van der Waals surface area (Å²) in [4.78, 5) is 12.6. The molecule has 0 amide bonds. The van der Waals surface area contributed by atoms with E-state index in [-0.39, 0.29) is 12.0 Å². The number of benzene rings is 1. The minimum atomic E-state index is -0.739. The van der Waals surface area contributed by atoms with E-state index < -0.39 is 11.6 Å². The Kier molecular flexibility index (Phi) is 3.87. The highest BCUT2D eigenvalue weighted by Gasteiger charge is 2.53. The largest absolute Gasteiger partial charge is 0.348 e. The summed E-state index contributed by atoms with van der Waals surface area (Å²) < 4.78 is 28.5. The van der Waals surface area contributed by atoms with E-state index in [1.165, 1.54) is 18.9 Å². The minimum absolute atomic E-state index is 0.0121. The zero-order valence-electron chi connectivity index (χ0n) is 15.0. The van der Waals surface area contributed by atoms with Gasteiger partial charge in [0.2, 0.25) is 0 Å². The van der Waals surface area contributed by atoms with Crippen molar-refractivity contribution < 1.29 is 8.78 Å². The van der Waals surface area contributed by atoms with E-state index in [0.29, 0.717) is 17.5 Å². The van der Waals surface area contributed by atoms with Gasteiger partial charge < -0.3 is 4.98 Å². The van der Waals surface area contributed by atoms with E-state index in [4.69, 9.17) is 0 Å². The van der Waals surface area contributed by atoms with Crippen LogP contribution in [0.4, 0.5) is 8.78 Å². The van der Waals surface area contributed by atoms with Gasteiger partial charge in [-0.3, -0.25) is 9.80 Å². The second-order valence-corrected chi connectivity index (χ2v) is 8.01. The number of nitrogens with one attached hydrogen (secondary N) is 1. The van der Waals surface area contributed by atoms with Crippen molar-refractivity contribution in [2.75, 3.05) is 19.6 Å². The number of aromatic nitrogens is 2. The van der Waals surface area contributed by atoms with Crippen LogP contribution in [0.1, 0.15) is 35.7 Å². The zero-order chi connectivity index (χ0) is 17.8. The summed E-state index contributed by atoms with van der Waals surface area (Å²) in [6, 6.07) is 5.30. The van der Waals surface area contributed by atoms with Crippen molar-refractivity contribution in [3.8, 4) is 0 Å². The molecule has 2 bridgehead atoms. The number of piperidine rings is 3. The molecule has 6 heteroatoms. The van der Waals surface area contributed by atoms with Gasteiger partial charge in [-0.2, -0.15) is 0 Å². The molecule has 1 N–H and O–H groups in total. The van der Waals surface area contributed by atoms with Crippen LogP contribution in [-0.2, 0) is 6.54 Å². The van der Waals surface area contributed by atoms with Crippen molar-refractivity contribution in [2.24, 2.45) is 5.92 Å². The molecule has 4 fully saturated rings. The molecule has 26 heavy (non-hydrogen) atoms. The lowest BCUT2D eigenvalue weighted by molar-refractivity contribution is -0.00918. The first-order valence-corrected chi connectivity index (χ1v) is 9.54. The topological polar surface area (TPSA) is 35.2 Å². The van der Waals surface area contributed by atoms with Gasteiger partial charge in [-0.25, -0.2) is 13.8 Å². The number of imidazole rings is 1. The molecule has 4 saturated heterocycles. The standard InChI is InChI=1S/C20H24F2N4/c1-12-17(24-11-23-12)10-26-9-15(14-3-2-4-16(21)18(14)22)20-19(26)13-5-7-25(20)8-6-13/h2-4,11,13,15,19-20H,5-10H2,1H3,(H,23,24)/t15-,19+,20+/m1/s1. The summed E-state index contributed by atoms with van der Waals surface area (Å²) in [5.74, 6) is -0.753. The Morgan fingerprint density at radius 2 is 2.00 bits per heavy atom. The van der Waals surface area contributed by atoms with E-state index in [2.05, 4.69) is 19.8 Å². The fraction of sp³-hybridized carbons (Fsp3) is 0.550. The van der Waals surface area contributed by atoms with Crippen molar-refractivity contribution in [1.82, 2.24) is 19.8 Å². The first-order valence-electron chi connectivity index (χ1n) is 9.54. The van der Waals surface area contributed by atoms with Crippen LogP contribution in [0.5, 0.6) is 0 Å². The summed E-state index contributed by atoms with van der Waals surface area (Å²) in [6.45, 7) is 5.72. The zero-order valence-corrected chi connectivity index (χ0v) is 15.0. The van der Waals surface area contributed by atoms with Crippen molar-refractivity contribution >= 4 is 0 Å². The highest BCUT2D eigenvalue weighted by molar-refractivity contribution is 5.29. The van der Waals surface area contributed by atoms with Crippen LogP contribution in [0, 0.1) is 24.5 Å². The number of nitrogens with zero attached hydrogens (tertiary/aromatic N) is 3. The molecule has 0 saturated carbocycles. The van der Waals surface area contributed by atoms with E-state index in [1.807, 2.05) is 6.92 Å². The fourth-order valence-electron chi connectivity index (χ4n) is 5.54. The summed E-state index contributed by atoms with van der Waals surface area (Å²) in [5.41, 5.74) is 2.68. The molecule has 0 unspecified atom stereocenters. The predicted molar refractivity (Wildman–Crippen MR) is 94.7 cm³/mol. The Morgan fingerprint density at radius 3 is 2.73 bits per heavy atom. The number of aryl methyl sites for hydroxylation is 1. The summed E-state index contributed by atoms with van der Waals surface area (Å²) in [5, 5.41) is 0. The quantitative estimate of drug-likeness (QED) is 0.916. The van der Waals surface area contributed by atoms with Gasteiger partial charge in [0.1, 0.15) is 0 Å². The summed E-state index contributed by atoms with van der Waals surface area (Å²) in [7, 11) is 0. The van der Waals surface area contributed by atoms with Gasteiger partial charge in [-0.05, 0) is 50.4 Å². The van der Waals surface area contributed by atoms with Gasteiger partial charge in [-0.1, -0.05) is 12.1 Å². The Hall–Kier alpha value is -1.79. The third-order valence-electron chi connectivity index (χ3n) is 6.76. The molecule has 0 aliphatic carbocycles. The predicted octanol–water partition coefficient (Wildman–Crippen LogP) is 3.06. The SMILES string of the molecule is Cc1[nH]cnc1CN1C[C@H](c2cccc(F)c2F)[C@H]2[C@@H]1C1CCN2CC1. The number of hydrogen-bond donors (Lipinski definition) is 1. The minimum Gasteiger partial charge on any atom is -0.348 e. The molecule has 138 valence electrons. The molecule has 3 atom stereocenters. The molecule has 1 aromatic carbocycles. The van der Waals surface area contributed by atoms with E-state index >= 15 is 0 Å². The lowest BCUT2D eigenvalue weighted by atomic mass is 9.75. The van der Waals surface area contributed by atoms with E-state index in [9.17, 15) is 8.78 Å². The van der Waals surface area contributed by atoms with Gasteiger partial charge >= 0.3 is 0 Å². The molecule has 4 nitrogen and oxygen atoms in total. The summed E-state index contributed by atoms with van der Waals surface area (Å²) in [6.07, 6.45) is 4.14. The first-order chi connectivity index (χ1) is 12.6. The summed E-state index contributed by atoms with van der Waals surface area (Å²) >= 11 is 0. The molecule has 6 rings (SSSR count). The van der Waals surface area contributed by atoms with Crippen LogP contribution in [0.2, 0.25) is 0 Å². The average Bonchev–Trinajstić information content (AvgIpc) is 3.24. The fourth-order valence-corrected chi connectivity index (χ4v) is 5.54. The molecular formula is C20H24F2N4. The molecule has 4 aliphatic heterocycles. The van der Waals surface area contributed by atoms with Crippen LogP contribution in [0.25, 0.3) is 0 Å². The lowest BCUT2D eigenvalue weighted by Crippen LogP contribution is -2.60. The number of likely N-dealkylation sites (tertiary alicyclic amines) is 1. The van der Waals surface area contributed by atoms with Gasteiger partial charge in [-0.15, -0.1) is 0 Å². The van der Waals surface area contributed by atoms with Crippen LogP contribution >= 0.6 is 0 Å². The second-order valence-electron chi connectivity index (χ2n) is 8.01. The normalized spacial score (nSPS) is 33.6. The lowest BCUT2D eigenvalue weighted by Gasteiger charge is -2.51. The third-order valence-corrected chi connectivity index (χ3v) is 6.76. The van der Waals surface area contributed by atoms with Crippen LogP contribution < -0.4 is 0 Å². The maximum Gasteiger partial charge on any atom is 0.162 e. The van der Waals surface area contributed by atoms with Crippen molar-refractivity contribution in [1.29, 1.82) is 0 Å². The smallest absolute Gasteiger partial charge is 0.162 e. The maximum absolute atomic E-state index is 14.6. The Balaban J connectivity index is 1.52. The maximum atomic E-state index is 14.6. The van der Waals surface area contributed by atoms with Crippen LogP contribution in [-0.4, -0.2) is 51.5 Å². The molecule has 2 aromatic rings.